The van der Waals surface area contributed by atoms with Crippen LogP contribution in [0.3, 0.4) is 0 Å². The van der Waals surface area contributed by atoms with Crippen molar-refractivity contribution in [3.05, 3.63) is 48.3 Å². The molecule has 0 unspecified atom stereocenters. The van der Waals surface area contributed by atoms with Gasteiger partial charge in [0.25, 0.3) is 5.91 Å². The normalized spacial score (nSPS) is 13.6. The average Bonchev–Trinajstić information content (AvgIpc) is 3.35. The second-order valence-corrected chi connectivity index (χ2v) is 6.35. The van der Waals surface area contributed by atoms with Crippen LogP contribution in [0.25, 0.3) is 0 Å². The van der Waals surface area contributed by atoms with E-state index in [2.05, 4.69) is 15.7 Å². The van der Waals surface area contributed by atoms with E-state index in [0.717, 1.165) is 25.1 Å². The van der Waals surface area contributed by atoms with Gasteiger partial charge in [0.1, 0.15) is 0 Å². The van der Waals surface area contributed by atoms with Gasteiger partial charge in [0.2, 0.25) is 11.8 Å². The summed E-state index contributed by atoms with van der Waals surface area (Å²) in [6.07, 6.45) is 5.77. The molecule has 8 nitrogen and oxygen atoms in total. The number of aryl methyl sites for hydroxylation is 1. The summed E-state index contributed by atoms with van der Waals surface area (Å²) >= 11 is 0. The van der Waals surface area contributed by atoms with Gasteiger partial charge >= 0.3 is 0 Å². The van der Waals surface area contributed by atoms with Crippen LogP contribution in [0.1, 0.15) is 29.6 Å². The fourth-order valence-corrected chi connectivity index (χ4v) is 2.94. The van der Waals surface area contributed by atoms with Crippen molar-refractivity contribution in [3.8, 4) is 0 Å². The molecule has 2 N–H and O–H groups in total. The molecule has 0 saturated carbocycles. The van der Waals surface area contributed by atoms with E-state index in [1.54, 1.807) is 40.0 Å². The minimum absolute atomic E-state index is 0.0764. The number of hydrogen-bond acceptors (Lipinski definition) is 4. The van der Waals surface area contributed by atoms with Gasteiger partial charge in [0.15, 0.2) is 0 Å². The predicted molar refractivity (Wildman–Crippen MR) is 100 cm³/mol. The Bertz CT molecular complexity index is 786. The number of benzene rings is 1. The second-order valence-electron chi connectivity index (χ2n) is 6.35. The summed E-state index contributed by atoms with van der Waals surface area (Å²) < 4.78 is 1.80. The lowest BCUT2D eigenvalue weighted by Gasteiger charge is -2.15. The van der Waals surface area contributed by atoms with Gasteiger partial charge in [-0.05, 0) is 43.2 Å². The molecule has 1 aromatic carbocycles. The fraction of sp³-hybridized carbons (Fsp3) is 0.368. The van der Waals surface area contributed by atoms with Crippen LogP contribution in [0.4, 0.5) is 5.69 Å². The van der Waals surface area contributed by atoms with E-state index < -0.39 is 0 Å². The van der Waals surface area contributed by atoms with Gasteiger partial charge in [-0.15, -0.1) is 0 Å². The lowest BCUT2D eigenvalue weighted by Crippen LogP contribution is -2.37. The largest absolute Gasteiger partial charge is 0.355 e. The molecule has 0 spiro atoms. The number of nitrogens with one attached hydrogen (secondary N) is 2. The molecule has 2 aromatic rings. The van der Waals surface area contributed by atoms with E-state index in [4.69, 9.17) is 0 Å². The van der Waals surface area contributed by atoms with Crippen molar-refractivity contribution in [1.29, 1.82) is 0 Å². The van der Waals surface area contributed by atoms with E-state index >= 15 is 0 Å². The molecule has 0 aliphatic carbocycles. The Morgan fingerprint density at radius 2 is 1.96 bits per heavy atom. The number of rotatable bonds is 8. The van der Waals surface area contributed by atoms with Crippen molar-refractivity contribution in [2.75, 3.05) is 24.5 Å². The molecule has 2 heterocycles. The van der Waals surface area contributed by atoms with Crippen LogP contribution < -0.4 is 15.5 Å². The van der Waals surface area contributed by atoms with Crippen molar-refractivity contribution in [2.45, 2.75) is 25.8 Å². The highest BCUT2D eigenvalue weighted by Gasteiger charge is 2.21. The van der Waals surface area contributed by atoms with Crippen molar-refractivity contribution in [1.82, 2.24) is 20.4 Å². The topological polar surface area (TPSA) is 96.3 Å². The highest BCUT2D eigenvalue weighted by atomic mass is 16.2. The third-order valence-electron chi connectivity index (χ3n) is 4.37. The molecule has 8 heteroatoms. The first kappa shape index (κ1) is 18.6. The number of nitrogens with zero attached hydrogens (tertiary/aromatic N) is 3. The Morgan fingerprint density at radius 1 is 1.15 bits per heavy atom. The molecule has 3 amide bonds. The third-order valence-corrected chi connectivity index (χ3v) is 4.37. The fourth-order valence-electron chi connectivity index (χ4n) is 2.94. The van der Waals surface area contributed by atoms with Crippen molar-refractivity contribution in [2.24, 2.45) is 0 Å². The highest BCUT2D eigenvalue weighted by molar-refractivity contribution is 5.98. The molecular formula is C19H23N5O3. The standard InChI is InChI=1S/C19H23N5O3/c25-17(20-9-2-11-23-12-3-10-22-23)14-21-19(27)15-5-7-16(8-6-15)24-13-1-4-18(24)26/h3,5-8,10,12H,1-2,4,9,11,13-14H2,(H,20,25)(H,21,27). The van der Waals surface area contributed by atoms with Gasteiger partial charge in [-0.2, -0.15) is 5.10 Å². The van der Waals surface area contributed by atoms with Gasteiger partial charge in [0, 0.05) is 49.7 Å². The van der Waals surface area contributed by atoms with Crippen molar-refractivity contribution < 1.29 is 14.4 Å². The Balaban J connectivity index is 1.38. The number of aromatic nitrogens is 2. The highest BCUT2D eigenvalue weighted by Crippen LogP contribution is 2.21. The van der Waals surface area contributed by atoms with E-state index in [1.807, 2.05) is 12.3 Å². The van der Waals surface area contributed by atoms with Gasteiger partial charge in [-0.25, -0.2) is 0 Å². The second kappa shape index (κ2) is 8.98. The summed E-state index contributed by atoms with van der Waals surface area (Å²) in [4.78, 5) is 37.4. The zero-order valence-corrected chi connectivity index (χ0v) is 15.1. The Kier molecular flexibility index (Phi) is 6.19. The van der Waals surface area contributed by atoms with E-state index in [-0.39, 0.29) is 24.3 Å². The molecule has 0 bridgehead atoms. The summed E-state index contributed by atoms with van der Waals surface area (Å²) in [6.45, 7) is 1.89. The Morgan fingerprint density at radius 3 is 2.63 bits per heavy atom. The number of anilines is 1. The molecule has 142 valence electrons. The van der Waals surface area contributed by atoms with E-state index in [1.165, 1.54) is 0 Å². The minimum Gasteiger partial charge on any atom is -0.355 e. The lowest BCUT2D eigenvalue weighted by atomic mass is 10.2. The van der Waals surface area contributed by atoms with Gasteiger partial charge in [-0.1, -0.05) is 0 Å². The first-order valence-corrected chi connectivity index (χ1v) is 9.06. The number of hydrogen-bond donors (Lipinski definition) is 2. The van der Waals surface area contributed by atoms with Gasteiger partial charge in [0.05, 0.1) is 6.54 Å². The quantitative estimate of drug-likeness (QED) is 0.677. The minimum atomic E-state index is -0.319. The summed E-state index contributed by atoms with van der Waals surface area (Å²) in [7, 11) is 0. The third kappa shape index (κ3) is 5.16. The summed E-state index contributed by atoms with van der Waals surface area (Å²) in [6, 6.07) is 8.70. The van der Waals surface area contributed by atoms with Crippen molar-refractivity contribution in [3.63, 3.8) is 0 Å². The lowest BCUT2D eigenvalue weighted by molar-refractivity contribution is -0.120. The summed E-state index contributed by atoms with van der Waals surface area (Å²) in [5.41, 5.74) is 1.25. The Labute approximate surface area is 157 Å². The molecule has 1 aliphatic rings. The van der Waals surface area contributed by atoms with Crippen LogP contribution in [0.5, 0.6) is 0 Å². The maximum Gasteiger partial charge on any atom is 0.251 e. The van der Waals surface area contributed by atoms with Crippen LogP contribution in [0.2, 0.25) is 0 Å². The molecule has 3 rings (SSSR count). The number of carbonyl (C=O) groups excluding carboxylic acids is 3. The molecule has 1 aromatic heterocycles. The van der Waals surface area contributed by atoms with Crippen LogP contribution >= 0.6 is 0 Å². The smallest absolute Gasteiger partial charge is 0.251 e. The van der Waals surface area contributed by atoms with Crippen LogP contribution in [0, 0.1) is 0 Å². The first-order valence-electron chi connectivity index (χ1n) is 9.06. The van der Waals surface area contributed by atoms with Crippen LogP contribution in [-0.4, -0.2) is 47.1 Å². The number of amides is 3. The van der Waals surface area contributed by atoms with Crippen LogP contribution in [-0.2, 0) is 16.1 Å². The van der Waals surface area contributed by atoms with Gasteiger partial charge in [-0.3, -0.25) is 19.1 Å². The van der Waals surface area contributed by atoms with Crippen LogP contribution in [0.15, 0.2) is 42.7 Å². The summed E-state index contributed by atoms with van der Waals surface area (Å²) in [5, 5.41) is 9.45. The predicted octanol–water partition coefficient (Wildman–Crippen LogP) is 0.946. The zero-order valence-electron chi connectivity index (χ0n) is 15.1. The van der Waals surface area contributed by atoms with Gasteiger partial charge < -0.3 is 15.5 Å². The molecule has 27 heavy (non-hydrogen) atoms. The van der Waals surface area contributed by atoms with Crippen molar-refractivity contribution >= 4 is 23.4 Å². The maximum atomic E-state index is 12.1. The molecule has 1 fully saturated rings. The SMILES string of the molecule is O=C(CNC(=O)c1ccc(N2CCCC2=O)cc1)NCCCn1cccn1. The molecule has 0 radical (unpaired) electrons. The molecule has 0 atom stereocenters. The average molecular weight is 369 g/mol. The molecular weight excluding hydrogens is 346 g/mol. The number of carbonyl (C=O) groups is 3. The Hall–Kier alpha value is -3.16. The zero-order chi connectivity index (χ0) is 19.1. The molecule has 1 saturated heterocycles. The first-order chi connectivity index (χ1) is 13.1. The van der Waals surface area contributed by atoms with E-state index in [0.29, 0.717) is 25.1 Å². The molecule has 1 aliphatic heterocycles. The monoisotopic (exact) mass is 369 g/mol. The maximum absolute atomic E-state index is 12.1. The van der Waals surface area contributed by atoms with E-state index in [9.17, 15) is 14.4 Å². The summed E-state index contributed by atoms with van der Waals surface area (Å²) in [5.74, 6) is -0.444.